The van der Waals surface area contributed by atoms with Crippen LogP contribution in [0.15, 0.2) is 58.4 Å². The van der Waals surface area contributed by atoms with Gasteiger partial charge in [-0.15, -0.1) is 0 Å². The Kier molecular flexibility index (Phi) is 6.80. The third kappa shape index (κ3) is 4.59. The Morgan fingerprint density at radius 3 is 2.49 bits per heavy atom. The Bertz CT molecular complexity index is 1510. The smallest absolute Gasteiger partial charge is 0.282 e. The maximum atomic E-state index is 13.5. The third-order valence-corrected chi connectivity index (χ3v) is 6.01. The second-order valence-corrected chi connectivity index (χ2v) is 8.86. The average molecular weight is 492 g/mol. The van der Waals surface area contributed by atoms with E-state index in [0.29, 0.717) is 27.3 Å². The molecule has 1 N–H and O–H groups in total. The van der Waals surface area contributed by atoms with Crippen molar-refractivity contribution >= 4 is 28.7 Å². The van der Waals surface area contributed by atoms with Crippen molar-refractivity contribution in [2.75, 3.05) is 14.2 Å². The summed E-state index contributed by atoms with van der Waals surface area (Å²) >= 11 is 6.17. The number of para-hydroxylation sites is 1. The first-order valence-corrected chi connectivity index (χ1v) is 11.4. The molecule has 4 aromatic rings. The van der Waals surface area contributed by atoms with Gasteiger partial charge in [-0.2, -0.15) is 9.78 Å². The van der Waals surface area contributed by atoms with Crippen molar-refractivity contribution in [2.45, 2.75) is 26.7 Å². The first kappa shape index (κ1) is 24.3. The van der Waals surface area contributed by atoms with E-state index in [2.05, 4.69) is 18.9 Å². The van der Waals surface area contributed by atoms with Crippen molar-refractivity contribution < 1.29 is 14.6 Å². The summed E-state index contributed by atoms with van der Waals surface area (Å²) < 4.78 is 12.0. The number of halogens is 1. The first-order valence-electron chi connectivity index (χ1n) is 11.1. The highest BCUT2D eigenvalue weighted by atomic mass is 35.5. The lowest BCUT2D eigenvalue weighted by atomic mass is 9.96. The van der Waals surface area contributed by atoms with Gasteiger partial charge in [0.2, 0.25) is 0 Å². The maximum absolute atomic E-state index is 13.5. The van der Waals surface area contributed by atoms with E-state index in [1.165, 1.54) is 30.1 Å². The minimum atomic E-state index is -0.336. The molecule has 0 bridgehead atoms. The van der Waals surface area contributed by atoms with Crippen LogP contribution < -0.4 is 15.0 Å². The van der Waals surface area contributed by atoms with Crippen LogP contribution in [-0.4, -0.2) is 35.2 Å². The summed E-state index contributed by atoms with van der Waals surface area (Å²) in [6, 6.07) is 14.1. The number of hydrogen-bond donors (Lipinski definition) is 1. The van der Waals surface area contributed by atoms with E-state index in [1.54, 1.807) is 25.3 Å². The third-order valence-electron chi connectivity index (χ3n) is 5.79. The molecule has 0 fully saturated rings. The largest absolute Gasteiger partial charge is 0.504 e. The number of fused-ring (bicyclic) bond motifs is 1. The lowest BCUT2D eigenvalue weighted by Gasteiger charge is -2.17. The van der Waals surface area contributed by atoms with E-state index >= 15 is 0 Å². The van der Waals surface area contributed by atoms with Crippen LogP contribution in [0.3, 0.4) is 0 Å². The fourth-order valence-electron chi connectivity index (χ4n) is 3.94. The van der Waals surface area contributed by atoms with Gasteiger partial charge in [0.05, 0.1) is 31.3 Å². The molecular formula is C27H26ClN3O4. The number of aromatic nitrogens is 2. The van der Waals surface area contributed by atoms with Gasteiger partial charge < -0.3 is 14.6 Å². The van der Waals surface area contributed by atoms with Gasteiger partial charge in [0.1, 0.15) is 5.75 Å². The Hall–Kier alpha value is -3.84. The molecule has 1 heterocycles. The van der Waals surface area contributed by atoms with Crippen LogP contribution in [0.2, 0.25) is 5.02 Å². The lowest BCUT2D eigenvalue weighted by Crippen LogP contribution is -2.20. The average Bonchev–Trinajstić information content (AvgIpc) is 2.84. The molecule has 0 atom stereocenters. The van der Waals surface area contributed by atoms with E-state index in [4.69, 9.17) is 26.1 Å². The molecule has 0 amide bonds. The number of nitrogens with zero attached hydrogens (tertiary/aromatic N) is 3. The van der Waals surface area contributed by atoms with Crippen molar-refractivity contribution in [1.29, 1.82) is 0 Å². The van der Waals surface area contributed by atoms with Gasteiger partial charge in [0.25, 0.3) is 5.56 Å². The number of phenols is 1. The van der Waals surface area contributed by atoms with E-state index in [-0.39, 0.29) is 23.0 Å². The molecule has 0 saturated heterocycles. The SMILES string of the molecule is COc1cc(C)c(-c2nc3ccccc3c(=O)n2N=Cc2cc(Cl)cc(OC)c2O)cc1C(C)C. The zero-order valence-corrected chi connectivity index (χ0v) is 20.9. The normalized spacial score (nSPS) is 11.5. The Labute approximate surface area is 208 Å². The minimum absolute atomic E-state index is 0.133. The molecule has 0 spiro atoms. The maximum Gasteiger partial charge on any atom is 0.282 e. The fourth-order valence-corrected chi connectivity index (χ4v) is 4.16. The van der Waals surface area contributed by atoms with Crippen LogP contribution in [-0.2, 0) is 0 Å². The second kappa shape index (κ2) is 9.80. The van der Waals surface area contributed by atoms with E-state index in [0.717, 1.165) is 22.4 Å². The zero-order chi connectivity index (χ0) is 25.3. The topological polar surface area (TPSA) is 85.9 Å². The summed E-state index contributed by atoms with van der Waals surface area (Å²) in [5.74, 6) is 1.41. The monoisotopic (exact) mass is 491 g/mol. The molecule has 7 nitrogen and oxygen atoms in total. The molecule has 0 unspecified atom stereocenters. The van der Waals surface area contributed by atoms with Gasteiger partial charge in [-0.25, -0.2) is 4.98 Å². The summed E-state index contributed by atoms with van der Waals surface area (Å²) in [5, 5.41) is 15.8. The second-order valence-electron chi connectivity index (χ2n) is 8.42. The van der Waals surface area contributed by atoms with Crippen molar-refractivity contribution in [3.05, 3.63) is 80.6 Å². The van der Waals surface area contributed by atoms with E-state index in [1.807, 2.05) is 25.1 Å². The Balaban J connectivity index is 2.00. The van der Waals surface area contributed by atoms with Crippen molar-refractivity contribution in [2.24, 2.45) is 5.10 Å². The molecule has 35 heavy (non-hydrogen) atoms. The van der Waals surface area contributed by atoms with Crippen LogP contribution in [0.1, 0.15) is 36.5 Å². The summed E-state index contributed by atoms with van der Waals surface area (Å²) in [6.45, 7) is 6.09. The molecular weight excluding hydrogens is 466 g/mol. The number of hydrogen-bond acceptors (Lipinski definition) is 6. The van der Waals surface area contributed by atoms with Crippen LogP contribution in [0.5, 0.6) is 17.2 Å². The molecule has 1 aromatic heterocycles. The number of aryl methyl sites for hydroxylation is 1. The summed E-state index contributed by atoms with van der Waals surface area (Å²) in [7, 11) is 3.07. The molecule has 0 saturated carbocycles. The molecule has 3 aromatic carbocycles. The lowest BCUT2D eigenvalue weighted by molar-refractivity contribution is 0.373. The quantitative estimate of drug-likeness (QED) is 0.347. The highest BCUT2D eigenvalue weighted by Gasteiger charge is 2.18. The molecule has 4 rings (SSSR count). The van der Waals surface area contributed by atoms with Gasteiger partial charge in [-0.05, 0) is 54.3 Å². The molecule has 0 radical (unpaired) electrons. The number of aromatic hydroxyl groups is 1. The number of rotatable bonds is 6. The summed E-state index contributed by atoms with van der Waals surface area (Å²) in [6.07, 6.45) is 1.37. The molecule has 8 heteroatoms. The van der Waals surface area contributed by atoms with Gasteiger partial charge in [0, 0.05) is 22.2 Å². The molecule has 0 aliphatic carbocycles. The molecule has 0 aliphatic heterocycles. The Morgan fingerprint density at radius 2 is 1.80 bits per heavy atom. The molecule has 0 aliphatic rings. The predicted octanol–water partition coefficient (Wildman–Crippen LogP) is 5.75. The van der Waals surface area contributed by atoms with Gasteiger partial charge in [-0.1, -0.05) is 37.6 Å². The highest BCUT2D eigenvalue weighted by Crippen LogP contribution is 2.35. The zero-order valence-electron chi connectivity index (χ0n) is 20.2. The van der Waals surface area contributed by atoms with Gasteiger partial charge in [-0.3, -0.25) is 4.79 Å². The van der Waals surface area contributed by atoms with Crippen molar-refractivity contribution in [1.82, 2.24) is 9.66 Å². The molecule has 180 valence electrons. The van der Waals surface area contributed by atoms with Crippen LogP contribution >= 0.6 is 11.6 Å². The van der Waals surface area contributed by atoms with Crippen LogP contribution in [0.4, 0.5) is 0 Å². The van der Waals surface area contributed by atoms with Crippen LogP contribution in [0.25, 0.3) is 22.3 Å². The Morgan fingerprint density at radius 1 is 1.09 bits per heavy atom. The standard InChI is InChI=1S/C27H26ClN3O4/c1-15(2)20-13-21(16(3)10-23(20)34-4)26-30-22-9-7-6-8-19(22)27(33)31(26)29-14-17-11-18(28)12-24(35-5)25(17)32/h6-15,32H,1-5H3. The number of ether oxygens (including phenoxy) is 2. The minimum Gasteiger partial charge on any atom is -0.504 e. The van der Waals surface area contributed by atoms with Gasteiger partial charge >= 0.3 is 0 Å². The van der Waals surface area contributed by atoms with E-state index in [9.17, 15) is 9.90 Å². The summed E-state index contributed by atoms with van der Waals surface area (Å²) in [5.41, 5.74) is 3.15. The number of methoxy groups -OCH3 is 2. The van der Waals surface area contributed by atoms with Crippen LogP contribution in [0, 0.1) is 6.92 Å². The predicted molar refractivity (Wildman–Crippen MR) is 139 cm³/mol. The van der Waals surface area contributed by atoms with Crippen molar-refractivity contribution in [3.8, 4) is 28.6 Å². The van der Waals surface area contributed by atoms with Crippen molar-refractivity contribution in [3.63, 3.8) is 0 Å². The first-order chi connectivity index (χ1) is 16.7. The summed E-state index contributed by atoms with van der Waals surface area (Å²) in [4.78, 5) is 18.3. The fraction of sp³-hybridized carbons (Fsp3) is 0.222. The number of phenolic OH excluding ortho intramolecular Hbond substituents is 1. The van der Waals surface area contributed by atoms with Gasteiger partial charge in [0.15, 0.2) is 17.3 Å². The highest BCUT2D eigenvalue weighted by molar-refractivity contribution is 6.31. The number of benzene rings is 3. The van der Waals surface area contributed by atoms with E-state index < -0.39 is 0 Å².